The van der Waals surface area contributed by atoms with Crippen LogP contribution in [0.15, 0.2) is 18.2 Å². The molecule has 1 heterocycles. The smallest absolute Gasteiger partial charge is 0.0868 e. The van der Waals surface area contributed by atoms with E-state index in [9.17, 15) is 0 Å². The number of aromatic nitrogens is 2. The topological polar surface area (TPSA) is 29.9 Å². The number of benzene rings is 1. The van der Waals surface area contributed by atoms with Crippen molar-refractivity contribution in [1.29, 1.82) is 0 Å². The van der Waals surface area contributed by atoms with Crippen LogP contribution in [0.3, 0.4) is 0 Å². The Bertz CT molecular complexity index is 605. The molecule has 3 nitrogen and oxygen atoms in total. The number of hydrogen-bond donors (Lipinski definition) is 1. The highest BCUT2D eigenvalue weighted by Gasteiger charge is 2.13. The van der Waals surface area contributed by atoms with Crippen molar-refractivity contribution in [3.8, 4) is 0 Å². The predicted octanol–water partition coefficient (Wildman–Crippen LogP) is 4.69. The molecular weight excluding hydrogens is 293 g/mol. The van der Waals surface area contributed by atoms with Crippen molar-refractivity contribution in [2.75, 3.05) is 5.32 Å². The minimum absolute atomic E-state index is 0.638. The second kappa shape index (κ2) is 6.51. The molecule has 0 amide bonds. The Labute approximate surface area is 129 Å². The van der Waals surface area contributed by atoms with E-state index in [1.165, 1.54) is 0 Å². The molecule has 108 valence electrons. The summed E-state index contributed by atoms with van der Waals surface area (Å²) in [5.41, 5.74) is 4.02. The first-order valence-corrected chi connectivity index (χ1v) is 7.56. The lowest BCUT2D eigenvalue weighted by atomic mass is 10.2. The molecule has 0 saturated carbocycles. The third-order valence-corrected chi connectivity index (χ3v) is 4.17. The molecule has 0 fully saturated rings. The van der Waals surface area contributed by atoms with Crippen LogP contribution in [-0.2, 0) is 19.5 Å². The minimum atomic E-state index is 0.638. The molecule has 0 radical (unpaired) electrons. The van der Waals surface area contributed by atoms with Crippen LogP contribution in [0.4, 0.5) is 5.69 Å². The quantitative estimate of drug-likeness (QED) is 0.868. The maximum absolute atomic E-state index is 6.38. The van der Waals surface area contributed by atoms with E-state index < -0.39 is 0 Å². The van der Waals surface area contributed by atoms with Gasteiger partial charge in [0.1, 0.15) is 0 Å². The van der Waals surface area contributed by atoms with Crippen LogP contribution < -0.4 is 5.32 Å². The van der Waals surface area contributed by atoms with Crippen molar-refractivity contribution in [3.63, 3.8) is 0 Å². The summed E-state index contributed by atoms with van der Waals surface area (Å²) in [6.07, 6.45) is 0.842. The lowest BCUT2D eigenvalue weighted by molar-refractivity contribution is 0.619. The van der Waals surface area contributed by atoms with E-state index >= 15 is 0 Å². The van der Waals surface area contributed by atoms with Crippen LogP contribution >= 0.6 is 23.2 Å². The van der Waals surface area contributed by atoms with Gasteiger partial charge in [-0.2, -0.15) is 5.10 Å². The van der Waals surface area contributed by atoms with Gasteiger partial charge in [-0.1, -0.05) is 36.2 Å². The predicted molar refractivity (Wildman–Crippen MR) is 85.8 cm³/mol. The van der Waals surface area contributed by atoms with E-state index in [0.717, 1.165) is 45.6 Å². The number of anilines is 1. The molecule has 0 spiro atoms. The van der Waals surface area contributed by atoms with Gasteiger partial charge < -0.3 is 5.32 Å². The van der Waals surface area contributed by atoms with Gasteiger partial charge in [0, 0.05) is 17.3 Å². The summed E-state index contributed by atoms with van der Waals surface area (Å²) < 4.78 is 1.95. The van der Waals surface area contributed by atoms with E-state index in [4.69, 9.17) is 23.2 Å². The number of nitrogens with zero attached hydrogens (tertiary/aromatic N) is 2. The Morgan fingerprint density at radius 1 is 1.25 bits per heavy atom. The van der Waals surface area contributed by atoms with Crippen molar-refractivity contribution in [3.05, 3.63) is 45.2 Å². The molecule has 0 aliphatic heterocycles. The fourth-order valence-corrected chi connectivity index (χ4v) is 2.59. The monoisotopic (exact) mass is 311 g/mol. The Hall–Kier alpha value is -1.19. The highest BCUT2D eigenvalue weighted by molar-refractivity contribution is 6.32. The molecule has 0 saturated heterocycles. The maximum atomic E-state index is 6.38. The van der Waals surface area contributed by atoms with Crippen LogP contribution in [-0.4, -0.2) is 9.78 Å². The molecule has 1 aromatic carbocycles. The molecule has 2 aromatic rings. The molecule has 0 bridgehead atoms. The number of hydrogen-bond acceptors (Lipinski definition) is 2. The molecule has 0 atom stereocenters. The van der Waals surface area contributed by atoms with Gasteiger partial charge in [-0.25, -0.2) is 0 Å². The number of nitrogens with one attached hydrogen (secondary N) is 1. The van der Waals surface area contributed by atoms with Crippen molar-refractivity contribution in [2.24, 2.45) is 0 Å². The summed E-state index contributed by atoms with van der Waals surface area (Å²) in [5.74, 6) is 0. The van der Waals surface area contributed by atoms with Crippen molar-refractivity contribution in [2.45, 2.75) is 40.3 Å². The summed E-state index contributed by atoms with van der Waals surface area (Å²) in [7, 11) is 0. The van der Waals surface area contributed by atoms with Crippen molar-refractivity contribution < 1.29 is 0 Å². The maximum Gasteiger partial charge on any atom is 0.0868 e. The van der Waals surface area contributed by atoms with Crippen LogP contribution in [0.1, 0.15) is 30.8 Å². The molecule has 2 rings (SSSR count). The first-order valence-electron chi connectivity index (χ1n) is 6.80. The van der Waals surface area contributed by atoms with Crippen LogP contribution in [0.25, 0.3) is 0 Å². The number of aryl methyl sites for hydroxylation is 3. The Balaban J connectivity index is 2.17. The fraction of sp³-hybridized carbons (Fsp3) is 0.400. The molecule has 5 heteroatoms. The van der Waals surface area contributed by atoms with Gasteiger partial charge in [-0.15, -0.1) is 0 Å². The SMILES string of the molecule is CCc1nn(CC)c(CNc2ccc(C)c(Cl)c2)c1Cl. The number of halogens is 2. The summed E-state index contributed by atoms with van der Waals surface area (Å²) in [6.45, 7) is 7.56. The van der Waals surface area contributed by atoms with Crippen LogP contribution in [0.2, 0.25) is 10.0 Å². The fourth-order valence-electron chi connectivity index (χ4n) is 2.07. The van der Waals surface area contributed by atoms with Gasteiger partial charge in [0.05, 0.1) is 23.0 Å². The normalized spacial score (nSPS) is 10.8. The van der Waals surface area contributed by atoms with Gasteiger partial charge in [0.2, 0.25) is 0 Å². The largest absolute Gasteiger partial charge is 0.379 e. The van der Waals surface area contributed by atoms with Crippen LogP contribution in [0, 0.1) is 6.92 Å². The van der Waals surface area contributed by atoms with Crippen molar-refractivity contribution >= 4 is 28.9 Å². The molecule has 1 aromatic heterocycles. The lowest BCUT2D eigenvalue weighted by Crippen LogP contribution is -2.08. The van der Waals surface area contributed by atoms with E-state index in [2.05, 4.69) is 24.3 Å². The highest BCUT2D eigenvalue weighted by Crippen LogP contribution is 2.24. The van der Waals surface area contributed by atoms with E-state index in [1.807, 2.05) is 29.8 Å². The molecule has 0 unspecified atom stereocenters. The first-order chi connectivity index (χ1) is 9.56. The van der Waals surface area contributed by atoms with Crippen LogP contribution in [0.5, 0.6) is 0 Å². The Morgan fingerprint density at radius 2 is 2.00 bits per heavy atom. The summed E-state index contributed by atoms with van der Waals surface area (Å²) >= 11 is 12.5. The Morgan fingerprint density at radius 3 is 2.60 bits per heavy atom. The van der Waals surface area contributed by atoms with Gasteiger partial charge in [0.15, 0.2) is 0 Å². The molecule has 0 aliphatic rings. The second-order valence-electron chi connectivity index (χ2n) is 4.69. The summed E-state index contributed by atoms with van der Waals surface area (Å²) in [4.78, 5) is 0. The molecule has 20 heavy (non-hydrogen) atoms. The minimum Gasteiger partial charge on any atom is -0.379 e. The zero-order valence-electron chi connectivity index (χ0n) is 12.0. The third kappa shape index (κ3) is 3.10. The molecule has 0 aliphatic carbocycles. The molecular formula is C15H19Cl2N3. The van der Waals surface area contributed by atoms with Gasteiger partial charge >= 0.3 is 0 Å². The van der Waals surface area contributed by atoms with Crippen molar-refractivity contribution in [1.82, 2.24) is 9.78 Å². The van der Waals surface area contributed by atoms with Gasteiger partial charge in [-0.05, 0) is 38.0 Å². The van der Waals surface area contributed by atoms with Gasteiger partial charge in [0.25, 0.3) is 0 Å². The average Bonchev–Trinajstić information content (AvgIpc) is 2.76. The second-order valence-corrected chi connectivity index (χ2v) is 5.48. The van der Waals surface area contributed by atoms with E-state index in [-0.39, 0.29) is 0 Å². The zero-order chi connectivity index (χ0) is 14.7. The van der Waals surface area contributed by atoms with Gasteiger partial charge in [-0.3, -0.25) is 4.68 Å². The summed E-state index contributed by atoms with van der Waals surface area (Å²) in [5, 5.41) is 9.39. The number of rotatable bonds is 5. The summed E-state index contributed by atoms with van der Waals surface area (Å²) in [6, 6.07) is 5.95. The lowest BCUT2D eigenvalue weighted by Gasteiger charge is -2.09. The van der Waals surface area contributed by atoms with E-state index in [0.29, 0.717) is 6.54 Å². The molecule has 1 N–H and O–H groups in total. The third-order valence-electron chi connectivity index (χ3n) is 3.33. The first kappa shape index (κ1) is 15.2. The Kier molecular flexibility index (Phi) is 4.95. The standard InChI is InChI=1S/C15H19Cl2N3/c1-4-13-15(17)14(20(5-2)19-13)9-18-11-7-6-10(3)12(16)8-11/h6-8,18H,4-5,9H2,1-3H3. The zero-order valence-corrected chi connectivity index (χ0v) is 13.5. The highest BCUT2D eigenvalue weighted by atomic mass is 35.5. The average molecular weight is 312 g/mol. The van der Waals surface area contributed by atoms with E-state index in [1.54, 1.807) is 0 Å².